The SMILES string of the molecule is CC(=O)N1CCC(C(=O)N2CCC(N(C)C(=O)c3cc(Br)cc(C(F)(F)F)c3)C(c3ccc(Br)cc3)C2)CC1. The summed E-state index contributed by atoms with van der Waals surface area (Å²) in [6, 6.07) is 10.6. The van der Waals surface area contributed by atoms with Gasteiger partial charge >= 0.3 is 6.18 Å². The summed E-state index contributed by atoms with van der Waals surface area (Å²) in [4.78, 5) is 43.8. The molecule has 2 heterocycles. The van der Waals surface area contributed by atoms with Gasteiger partial charge in [0, 0.05) is 72.5 Å². The van der Waals surface area contributed by atoms with Gasteiger partial charge in [-0.3, -0.25) is 14.4 Å². The number of piperidine rings is 2. The second-order valence-electron chi connectivity index (χ2n) is 10.2. The Balaban J connectivity index is 1.56. The Morgan fingerprint density at radius 3 is 2.10 bits per heavy atom. The van der Waals surface area contributed by atoms with Gasteiger partial charge in [0.1, 0.15) is 0 Å². The predicted molar refractivity (Wildman–Crippen MR) is 148 cm³/mol. The van der Waals surface area contributed by atoms with Gasteiger partial charge in [0.25, 0.3) is 5.91 Å². The quantitative estimate of drug-likeness (QED) is 0.404. The van der Waals surface area contributed by atoms with Crippen LogP contribution in [-0.2, 0) is 15.8 Å². The third kappa shape index (κ3) is 6.85. The highest BCUT2D eigenvalue weighted by Crippen LogP contribution is 2.35. The Kier molecular flexibility index (Phi) is 9.10. The summed E-state index contributed by atoms with van der Waals surface area (Å²) in [6.45, 7) is 3.48. The molecule has 2 fully saturated rings. The van der Waals surface area contributed by atoms with Gasteiger partial charge in [-0.25, -0.2) is 0 Å². The van der Waals surface area contributed by atoms with Crippen molar-refractivity contribution in [3.8, 4) is 0 Å². The number of rotatable bonds is 4. The molecule has 4 rings (SSSR count). The van der Waals surface area contributed by atoms with Crippen molar-refractivity contribution in [2.45, 2.75) is 44.3 Å². The number of likely N-dealkylation sites (tertiary alicyclic amines) is 2. The Labute approximate surface area is 242 Å². The molecule has 11 heteroatoms. The molecule has 2 aromatic carbocycles. The molecule has 0 N–H and O–H groups in total. The fourth-order valence-corrected chi connectivity index (χ4v) is 6.33. The van der Waals surface area contributed by atoms with Crippen LogP contribution in [0.4, 0.5) is 13.2 Å². The van der Waals surface area contributed by atoms with Crippen molar-refractivity contribution in [3.05, 3.63) is 68.1 Å². The topological polar surface area (TPSA) is 60.9 Å². The number of carbonyl (C=O) groups is 3. The molecular formula is C28H30Br2F3N3O3. The van der Waals surface area contributed by atoms with E-state index in [1.165, 1.54) is 17.9 Å². The van der Waals surface area contributed by atoms with Crippen molar-refractivity contribution in [1.82, 2.24) is 14.7 Å². The summed E-state index contributed by atoms with van der Waals surface area (Å²) in [7, 11) is 1.61. The molecule has 2 unspecified atom stereocenters. The monoisotopic (exact) mass is 671 g/mol. The van der Waals surface area contributed by atoms with Crippen LogP contribution in [0.5, 0.6) is 0 Å². The van der Waals surface area contributed by atoms with Crippen molar-refractivity contribution < 1.29 is 27.6 Å². The molecule has 0 saturated carbocycles. The minimum atomic E-state index is -4.58. The second-order valence-corrected chi connectivity index (χ2v) is 12.1. The highest BCUT2D eigenvalue weighted by Gasteiger charge is 2.39. The molecule has 0 radical (unpaired) electrons. The maximum atomic E-state index is 13.5. The van der Waals surface area contributed by atoms with Crippen molar-refractivity contribution in [2.75, 3.05) is 33.2 Å². The van der Waals surface area contributed by atoms with Crippen molar-refractivity contribution >= 4 is 49.6 Å². The number of likely N-dealkylation sites (N-methyl/N-ethyl adjacent to an activating group) is 1. The molecule has 0 aromatic heterocycles. The molecule has 0 spiro atoms. The average molecular weight is 673 g/mol. The van der Waals surface area contributed by atoms with Crippen LogP contribution >= 0.6 is 31.9 Å². The Morgan fingerprint density at radius 2 is 1.51 bits per heavy atom. The first-order valence-electron chi connectivity index (χ1n) is 12.8. The van der Waals surface area contributed by atoms with Crippen LogP contribution in [-0.4, -0.2) is 71.7 Å². The fourth-order valence-electron chi connectivity index (χ4n) is 5.57. The van der Waals surface area contributed by atoms with E-state index in [0.29, 0.717) is 45.4 Å². The highest BCUT2D eigenvalue weighted by molar-refractivity contribution is 9.10. The maximum Gasteiger partial charge on any atom is 0.416 e. The number of hydrogen-bond acceptors (Lipinski definition) is 3. The molecule has 39 heavy (non-hydrogen) atoms. The fraction of sp³-hybridized carbons (Fsp3) is 0.464. The van der Waals surface area contributed by atoms with Gasteiger partial charge in [-0.05, 0) is 55.2 Å². The zero-order valence-corrected chi connectivity index (χ0v) is 24.9. The lowest BCUT2D eigenvalue weighted by atomic mass is 9.83. The molecule has 0 bridgehead atoms. The lowest BCUT2D eigenvalue weighted by molar-refractivity contribution is -0.141. The molecule has 2 aliphatic heterocycles. The third-order valence-corrected chi connectivity index (χ3v) is 8.75. The van der Waals surface area contributed by atoms with Crippen LogP contribution in [0.3, 0.4) is 0 Å². The number of amides is 3. The Morgan fingerprint density at radius 1 is 0.897 bits per heavy atom. The normalized spacial score (nSPS) is 20.6. The maximum absolute atomic E-state index is 13.5. The molecule has 2 aliphatic rings. The van der Waals surface area contributed by atoms with Crippen LogP contribution in [0, 0.1) is 5.92 Å². The Hall–Kier alpha value is -2.40. The first kappa shape index (κ1) is 29.6. The Bertz CT molecular complexity index is 1230. The molecule has 2 saturated heterocycles. The third-order valence-electron chi connectivity index (χ3n) is 7.77. The summed E-state index contributed by atoms with van der Waals surface area (Å²) < 4.78 is 41.3. The van der Waals surface area contributed by atoms with Crippen LogP contribution < -0.4 is 0 Å². The summed E-state index contributed by atoms with van der Waals surface area (Å²) in [5.74, 6) is -0.835. The van der Waals surface area contributed by atoms with Gasteiger partial charge in [-0.15, -0.1) is 0 Å². The summed E-state index contributed by atoms with van der Waals surface area (Å²) >= 11 is 6.55. The van der Waals surface area contributed by atoms with Gasteiger partial charge in [0.2, 0.25) is 11.8 Å². The van der Waals surface area contributed by atoms with E-state index in [1.54, 1.807) is 11.9 Å². The van der Waals surface area contributed by atoms with Crippen LogP contribution in [0.25, 0.3) is 0 Å². The largest absolute Gasteiger partial charge is 0.416 e. The molecule has 0 aliphatic carbocycles. The summed E-state index contributed by atoms with van der Waals surface area (Å²) in [6.07, 6.45) is -2.86. The highest BCUT2D eigenvalue weighted by atomic mass is 79.9. The van der Waals surface area contributed by atoms with Crippen LogP contribution in [0.15, 0.2) is 51.4 Å². The summed E-state index contributed by atoms with van der Waals surface area (Å²) in [5.41, 5.74) is -0.00390. The van der Waals surface area contributed by atoms with E-state index in [9.17, 15) is 27.6 Å². The molecule has 6 nitrogen and oxygen atoms in total. The van der Waals surface area contributed by atoms with Crippen LogP contribution in [0.2, 0.25) is 0 Å². The van der Waals surface area contributed by atoms with E-state index in [-0.39, 0.29) is 39.7 Å². The van der Waals surface area contributed by atoms with Gasteiger partial charge in [-0.2, -0.15) is 13.2 Å². The first-order valence-corrected chi connectivity index (χ1v) is 14.4. The van der Waals surface area contributed by atoms with E-state index in [4.69, 9.17) is 0 Å². The van der Waals surface area contributed by atoms with Gasteiger partial charge in [0.05, 0.1) is 5.56 Å². The molecule has 210 valence electrons. The minimum Gasteiger partial charge on any atom is -0.343 e. The van der Waals surface area contributed by atoms with Gasteiger partial charge in [0.15, 0.2) is 0 Å². The first-order chi connectivity index (χ1) is 18.3. The number of halogens is 5. The van der Waals surface area contributed by atoms with Crippen molar-refractivity contribution in [3.63, 3.8) is 0 Å². The van der Waals surface area contributed by atoms with Gasteiger partial charge in [-0.1, -0.05) is 44.0 Å². The number of carbonyl (C=O) groups excluding carboxylic acids is 3. The van der Waals surface area contributed by atoms with Crippen molar-refractivity contribution in [1.29, 1.82) is 0 Å². The lowest BCUT2D eigenvalue weighted by Crippen LogP contribution is -2.53. The van der Waals surface area contributed by atoms with E-state index < -0.39 is 17.6 Å². The predicted octanol–water partition coefficient (Wildman–Crippen LogP) is 5.95. The standard InChI is InChI=1S/C28H30Br2F3N3O3/c1-17(37)35-10-7-19(8-11-35)27(39)36-12-9-25(24(16-36)18-3-5-22(29)6-4-18)34(2)26(38)20-13-21(28(31,32)33)15-23(30)14-20/h3-6,13-15,19,24-25H,7-12,16H2,1-2H3. The molecule has 2 atom stereocenters. The van der Waals surface area contributed by atoms with E-state index >= 15 is 0 Å². The van der Waals surface area contributed by atoms with E-state index in [2.05, 4.69) is 31.9 Å². The number of nitrogens with zero attached hydrogens (tertiary/aromatic N) is 3. The number of alkyl halides is 3. The summed E-state index contributed by atoms with van der Waals surface area (Å²) in [5, 5.41) is 0. The van der Waals surface area contributed by atoms with E-state index in [0.717, 1.165) is 22.2 Å². The van der Waals surface area contributed by atoms with Crippen molar-refractivity contribution in [2.24, 2.45) is 5.92 Å². The molecule has 2 aromatic rings. The molecular weight excluding hydrogens is 643 g/mol. The zero-order valence-electron chi connectivity index (χ0n) is 21.7. The molecule has 3 amide bonds. The van der Waals surface area contributed by atoms with Gasteiger partial charge < -0.3 is 14.7 Å². The average Bonchev–Trinajstić information content (AvgIpc) is 2.91. The zero-order chi connectivity index (χ0) is 28.5. The number of hydrogen-bond donors (Lipinski definition) is 0. The smallest absolute Gasteiger partial charge is 0.343 e. The second kappa shape index (κ2) is 12.0. The lowest BCUT2D eigenvalue weighted by Gasteiger charge is -2.44. The minimum absolute atomic E-state index is 0.0116. The number of benzene rings is 2. The van der Waals surface area contributed by atoms with E-state index in [1.807, 2.05) is 29.2 Å². The van der Waals surface area contributed by atoms with Crippen LogP contribution in [0.1, 0.15) is 53.6 Å².